The molecule has 0 unspecified atom stereocenters. The molecule has 0 saturated heterocycles. The van der Waals surface area contributed by atoms with Crippen molar-refractivity contribution >= 4 is 28.9 Å². The third kappa shape index (κ3) is 3.21. The van der Waals surface area contributed by atoms with Gasteiger partial charge in [0.25, 0.3) is 5.91 Å². The first-order valence-corrected chi connectivity index (χ1v) is 10.2. The minimum atomic E-state index is -0.491. The van der Waals surface area contributed by atoms with Gasteiger partial charge in [0, 0.05) is 19.7 Å². The van der Waals surface area contributed by atoms with Gasteiger partial charge in [0.15, 0.2) is 11.6 Å². The number of carbonyl (C=O) groups is 1. The fourth-order valence-corrected chi connectivity index (χ4v) is 4.11. The first kappa shape index (κ1) is 18.7. The van der Waals surface area contributed by atoms with E-state index in [9.17, 15) is 4.79 Å². The van der Waals surface area contributed by atoms with Crippen molar-refractivity contribution in [2.24, 2.45) is 0 Å². The summed E-state index contributed by atoms with van der Waals surface area (Å²) < 4.78 is 7.68. The second kappa shape index (κ2) is 7.49. The van der Waals surface area contributed by atoms with E-state index >= 15 is 0 Å². The highest BCUT2D eigenvalue weighted by atomic mass is 32.1. The molecule has 5 rings (SSSR count). The summed E-state index contributed by atoms with van der Waals surface area (Å²) in [7, 11) is 1.82. The number of rotatable bonds is 3. The summed E-state index contributed by atoms with van der Waals surface area (Å²) in [6, 6.07) is 13.4. The second-order valence-corrected chi connectivity index (χ2v) is 7.74. The number of aromatic nitrogens is 4. The Bertz CT molecular complexity index is 1120. The first-order chi connectivity index (χ1) is 14.6. The summed E-state index contributed by atoms with van der Waals surface area (Å²) in [5, 5.41) is 7.43. The van der Waals surface area contributed by atoms with Crippen molar-refractivity contribution in [2.75, 3.05) is 18.6 Å². The van der Waals surface area contributed by atoms with Gasteiger partial charge in [-0.1, -0.05) is 42.5 Å². The van der Waals surface area contributed by atoms with E-state index in [1.807, 2.05) is 36.0 Å². The number of hydrogen-bond donors (Lipinski definition) is 1. The molecule has 0 radical (unpaired) electrons. The molecule has 30 heavy (non-hydrogen) atoms. The highest BCUT2D eigenvalue weighted by molar-refractivity contribution is 7.80. The SMILES string of the molecule is CN1C(=S)[C@@H](NC(=O)c2nc3n(n2)[C@H](c2ccccc2)CC3)COc2cccnc21. The molecular weight excluding hydrogens is 400 g/mol. The summed E-state index contributed by atoms with van der Waals surface area (Å²) in [6.07, 6.45) is 3.40. The molecule has 0 saturated carbocycles. The smallest absolute Gasteiger partial charge is 0.291 e. The quantitative estimate of drug-likeness (QED) is 0.650. The zero-order valence-electron chi connectivity index (χ0n) is 16.4. The van der Waals surface area contributed by atoms with Gasteiger partial charge in [-0.3, -0.25) is 4.79 Å². The van der Waals surface area contributed by atoms with Crippen molar-refractivity contribution in [3.63, 3.8) is 0 Å². The minimum Gasteiger partial charge on any atom is -0.487 e. The van der Waals surface area contributed by atoms with Crippen LogP contribution < -0.4 is 15.0 Å². The van der Waals surface area contributed by atoms with Crippen LogP contribution in [0.5, 0.6) is 5.75 Å². The van der Waals surface area contributed by atoms with E-state index in [2.05, 4.69) is 32.5 Å². The predicted octanol–water partition coefficient (Wildman–Crippen LogP) is 2.16. The van der Waals surface area contributed by atoms with Gasteiger partial charge in [0.05, 0.1) is 6.04 Å². The van der Waals surface area contributed by atoms with Gasteiger partial charge in [-0.15, -0.1) is 5.10 Å². The fourth-order valence-electron chi connectivity index (χ4n) is 3.90. The molecule has 2 atom stereocenters. The molecule has 8 nitrogen and oxygen atoms in total. The molecule has 2 aliphatic heterocycles. The molecule has 4 heterocycles. The zero-order valence-corrected chi connectivity index (χ0v) is 17.2. The number of ether oxygens (including phenoxy) is 1. The normalized spacial score (nSPS) is 20.2. The van der Waals surface area contributed by atoms with Crippen LogP contribution in [-0.4, -0.2) is 50.3 Å². The van der Waals surface area contributed by atoms with Gasteiger partial charge in [-0.25, -0.2) is 14.6 Å². The molecule has 1 aromatic carbocycles. The summed E-state index contributed by atoms with van der Waals surface area (Å²) in [6.45, 7) is 0.216. The number of anilines is 1. The van der Waals surface area contributed by atoms with E-state index in [0.29, 0.717) is 16.6 Å². The number of carbonyl (C=O) groups excluding carboxylic acids is 1. The lowest BCUT2D eigenvalue weighted by molar-refractivity contribution is 0.0926. The molecule has 2 aliphatic rings. The number of amides is 1. The highest BCUT2D eigenvalue weighted by Gasteiger charge is 2.32. The lowest BCUT2D eigenvalue weighted by atomic mass is 10.1. The first-order valence-electron chi connectivity index (χ1n) is 9.78. The standard InChI is InChI=1S/C21H20N6O2S/c1-26-19-16(8-5-11-22-19)29-12-14(21(26)30)23-20(28)18-24-17-10-9-15(27(17)25-18)13-6-3-2-4-7-13/h2-8,11,14-15H,9-10,12H2,1H3,(H,23,28)/t14-,15-/m0/s1. The van der Waals surface area contributed by atoms with E-state index in [0.717, 1.165) is 18.7 Å². The Morgan fingerprint density at radius 2 is 2.07 bits per heavy atom. The Labute approximate surface area is 178 Å². The van der Waals surface area contributed by atoms with E-state index in [1.54, 1.807) is 17.2 Å². The number of pyridine rings is 1. The average molecular weight is 420 g/mol. The molecule has 0 spiro atoms. The molecule has 3 aromatic rings. The van der Waals surface area contributed by atoms with Crippen LogP contribution in [0, 0.1) is 0 Å². The lowest BCUT2D eigenvalue weighted by Gasteiger charge is -2.22. The van der Waals surface area contributed by atoms with Crippen LogP contribution in [0.3, 0.4) is 0 Å². The van der Waals surface area contributed by atoms with Gasteiger partial charge in [0.2, 0.25) is 5.82 Å². The molecule has 152 valence electrons. The summed E-state index contributed by atoms with van der Waals surface area (Å²) in [5.74, 6) is 1.86. The largest absolute Gasteiger partial charge is 0.487 e. The Morgan fingerprint density at radius 1 is 1.23 bits per heavy atom. The molecule has 2 aromatic heterocycles. The van der Waals surface area contributed by atoms with E-state index < -0.39 is 6.04 Å². The number of aryl methyl sites for hydroxylation is 1. The van der Waals surface area contributed by atoms with Gasteiger partial charge in [-0.05, 0) is 24.1 Å². The Hall–Kier alpha value is -3.33. The molecule has 0 bridgehead atoms. The maximum absolute atomic E-state index is 12.9. The van der Waals surface area contributed by atoms with Crippen LogP contribution in [0.2, 0.25) is 0 Å². The van der Waals surface area contributed by atoms with Gasteiger partial charge in [0.1, 0.15) is 23.5 Å². The van der Waals surface area contributed by atoms with Gasteiger partial charge < -0.3 is 15.0 Å². The Balaban J connectivity index is 1.34. The molecule has 0 aliphatic carbocycles. The Kier molecular flexibility index (Phi) is 4.66. The maximum Gasteiger partial charge on any atom is 0.291 e. The minimum absolute atomic E-state index is 0.101. The zero-order chi connectivity index (χ0) is 20.7. The number of thiocarbonyl (C=S) groups is 1. The topological polar surface area (TPSA) is 85.2 Å². The van der Waals surface area contributed by atoms with Crippen molar-refractivity contribution < 1.29 is 9.53 Å². The van der Waals surface area contributed by atoms with Crippen molar-refractivity contribution in [2.45, 2.75) is 24.9 Å². The number of likely N-dealkylation sites (N-methyl/N-ethyl adjacent to an activating group) is 1. The molecule has 1 N–H and O–H groups in total. The van der Waals surface area contributed by atoms with Crippen LogP contribution in [0.4, 0.5) is 5.82 Å². The van der Waals surface area contributed by atoms with Crippen molar-refractivity contribution in [3.8, 4) is 5.75 Å². The Morgan fingerprint density at radius 3 is 2.90 bits per heavy atom. The average Bonchev–Trinajstić information content (AvgIpc) is 3.34. The van der Waals surface area contributed by atoms with Gasteiger partial charge in [-0.2, -0.15) is 0 Å². The number of hydrogen-bond acceptors (Lipinski definition) is 6. The lowest BCUT2D eigenvalue weighted by Crippen LogP contribution is -2.48. The molecule has 1 amide bonds. The van der Waals surface area contributed by atoms with Gasteiger partial charge >= 0.3 is 0 Å². The van der Waals surface area contributed by atoms with Crippen LogP contribution in [-0.2, 0) is 6.42 Å². The molecular formula is C21H20N6O2S. The summed E-state index contributed by atoms with van der Waals surface area (Å²) in [5.41, 5.74) is 1.17. The number of nitrogens with zero attached hydrogens (tertiary/aromatic N) is 5. The number of benzene rings is 1. The van der Waals surface area contributed by atoms with E-state index in [1.165, 1.54) is 5.56 Å². The highest BCUT2D eigenvalue weighted by Crippen LogP contribution is 2.30. The van der Waals surface area contributed by atoms with Crippen LogP contribution >= 0.6 is 12.2 Å². The van der Waals surface area contributed by atoms with Crippen molar-refractivity contribution in [1.82, 2.24) is 25.1 Å². The van der Waals surface area contributed by atoms with Crippen molar-refractivity contribution in [3.05, 3.63) is 65.9 Å². The maximum atomic E-state index is 12.9. The number of fused-ring (bicyclic) bond motifs is 2. The predicted molar refractivity (Wildman–Crippen MR) is 115 cm³/mol. The number of nitrogens with one attached hydrogen (secondary N) is 1. The third-order valence-corrected chi connectivity index (χ3v) is 5.99. The van der Waals surface area contributed by atoms with E-state index in [-0.39, 0.29) is 24.4 Å². The third-order valence-electron chi connectivity index (χ3n) is 5.43. The van der Waals surface area contributed by atoms with Crippen LogP contribution in [0.15, 0.2) is 48.7 Å². The van der Waals surface area contributed by atoms with Crippen LogP contribution in [0.1, 0.15) is 34.5 Å². The second-order valence-electron chi connectivity index (χ2n) is 7.32. The summed E-state index contributed by atoms with van der Waals surface area (Å²) >= 11 is 5.57. The molecule has 0 fully saturated rings. The summed E-state index contributed by atoms with van der Waals surface area (Å²) in [4.78, 5) is 24.0. The fraction of sp³-hybridized carbons (Fsp3) is 0.286. The monoisotopic (exact) mass is 420 g/mol. The van der Waals surface area contributed by atoms with Crippen LogP contribution in [0.25, 0.3) is 0 Å². The van der Waals surface area contributed by atoms with E-state index in [4.69, 9.17) is 17.0 Å². The molecule has 9 heteroatoms. The van der Waals surface area contributed by atoms with Crippen molar-refractivity contribution in [1.29, 1.82) is 0 Å².